The zero-order valence-corrected chi connectivity index (χ0v) is 6.86. The Morgan fingerprint density at radius 3 is 2.83 bits per heavy atom. The quantitative estimate of drug-likeness (QED) is 0.542. The first-order valence-electron chi connectivity index (χ1n) is 3.81. The summed E-state index contributed by atoms with van der Waals surface area (Å²) in [5, 5.41) is 8.56. The van der Waals surface area contributed by atoms with Gasteiger partial charge in [-0.15, -0.1) is 6.58 Å². The van der Waals surface area contributed by atoms with E-state index in [9.17, 15) is 0 Å². The molecule has 0 atom stereocenters. The lowest BCUT2D eigenvalue weighted by molar-refractivity contribution is 0.0977. The Morgan fingerprint density at radius 2 is 2.17 bits per heavy atom. The second-order valence-electron chi connectivity index (χ2n) is 2.37. The van der Waals surface area contributed by atoms with Gasteiger partial charge >= 0.3 is 0 Å². The molecule has 2 nitrogen and oxygen atoms in total. The Labute approximate surface area is 72.1 Å². The normalized spacial score (nSPS) is 9.42. The molecule has 1 aromatic rings. The molecule has 12 heavy (non-hydrogen) atoms. The molecule has 2 heteroatoms. The minimum Gasteiger partial charge on any atom is -0.467 e. The van der Waals surface area contributed by atoms with Crippen molar-refractivity contribution in [2.75, 3.05) is 6.79 Å². The van der Waals surface area contributed by atoms with E-state index in [4.69, 9.17) is 9.84 Å². The Hall–Kier alpha value is -1.28. The molecule has 0 aliphatic heterocycles. The number of ether oxygens (including phenoxy) is 1. The number of allylic oxidation sites excluding steroid dienone is 1. The van der Waals surface area contributed by atoms with Gasteiger partial charge in [-0.05, 0) is 18.1 Å². The van der Waals surface area contributed by atoms with Crippen LogP contribution in [-0.2, 0) is 6.42 Å². The van der Waals surface area contributed by atoms with Gasteiger partial charge in [-0.2, -0.15) is 0 Å². The van der Waals surface area contributed by atoms with Gasteiger partial charge in [0.15, 0.2) is 6.79 Å². The summed E-state index contributed by atoms with van der Waals surface area (Å²) in [5.41, 5.74) is 1.04. The van der Waals surface area contributed by atoms with Crippen LogP contribution in [0.2, 0.25) is 0 Å². The lowest BCUT2D eigenvalue weighted by atomic mass is 10.1. The Kier molecular flexibility index (Phi) is 3.35. The molecule has 0 unspecified atom stereocenters. The maximum atomic E-state index is 8.56. The molecule has 1 rings (SSSR count). The fraction of sp³-hybridized carbons (Fsp3) is 0.200. The standard InChI is InChI=1S/C10H12O2/c1-2-5-9-6-3-4-7-10(9)12-8-11/h2-4,6-7,11H,1,5,8H2. The van der Waals surface area contributed by atoms with Crippen LogP contribution in [0, 0.1) is 0 Å². The number of para-hydroxylation sites is 1. The van der Waals surface area contributed by atoms with Crippen LogP contribution in [0.15, 0.2) is 36.9 Å². The summed E-state index contributed by atoms with van der Waals surface area (Å²) in [6.45, 7) is 3.36. The Balaban J connectivity index is 2.83. The van der Waals surface area contributed by atoms with Crippen molar-refractivity contribution in [2.24, 2.45) is 0 Å². The molecule has 0 aromatic heterocycles. The minimum absolute atomic E-state index is 0.284. The molecule has 0 bridgehead atoms. The van der Waals surface area contributed by atoms with Crippen molar-refractivity contribution >= 4 is 0 Å². The molecule has 0 aliphatic carbocycles. The summed E-state index contributed by atoms with van der Waals surface area (Å²) in [4.78, 5) is 0. The molecule has 0 amide bonds. The molecule has 0 saturated heterocycles. The highest BCUT2D eigenvalue weighted by Gasteiger charge is 1.98. The maximum absolute atomic E-state index is 8.56. The highest BCUT2D eigenvalue weighted by molar-refractivity contribution is 5.34. The molecule has 0 aliphatic rings. The number of hydrogen-bond donors (Lipinski definition) is 1. The summed E-state index contributed by atoms with van der Waals surface area (Å²) in [5.74, 6) is 0.722. The second-order valence-corrected chi connectivity index (χ2v) is 2.37. The van der Waals surface area contributed by atoms with Crippen molar-refractivity contribution in [1.29, 1.82) is 0 Å². The van der Waals surface area contributed by atoms with Crippen LogP contribution in [0.3, 0.4) is 0 Å². The van der Waals surface area contributed by atoms with Crippen molar-refractivity contribution in [2.45, 2.75) is 6.42 Å². The molecule has 0 radical (unpaired) electrons. The van der Waals surface area contributed by atoms with E-state index in [1.54, 1.807) is 6.08 Å². The third-order valence-electron chi connectivity index (χ3n) is 1.56. The Bertz CT molecular complexity index is 256. The molecular weight excluding hydrogens is 152 g/mol. The van der Waals surface area contributed by atoms with E-state index in [1.807, 2.05) is 24.3 Å². The predicted octanol–water partition coefficient (Wildman–Crippen LogP) is 1.74. The zero-order chi connectivity index (χ0) is 8.81. The van der Waals surface area contributed by atoms with E-state index in [1.165, 1.54) is 0 Å². The van der Waals surface area contributed by atoms with Gasteiger partial charge < -0.3 is 9.84 Å². The molecule has 64 valence electrons. The summed E-state index contributed by atoms with van der Waals surface area (Å²) in [6.07, 6.45) is 2.57. The average Bonchev–Trinajstić information content (AvgIpc) is 2.09. The van der Waals surface area contributed by atoms with Crippen molar-refractivity contribution in [3.63, 3.8) is 0 Å². The van der Waals surface area contributed by atoms with Crippen LogP contribution in [0.25, 0.3) is 0 Å². The fourth-order valence-corrected chi connectivity index (χ4v) is 1.04. The first-order chi connectivity index (χ1) is 5.88. The van der Waals surface area contributed by atoms with Gasteiger partial charge in [0.25, 0.3) is 0 Å². The van der Waals surface area contributed by atoms with Crippen LogP contribution in [0.5, 0.6) is 5.75 Å². The topological polar surface area (TPSA) is 29.5 Å². The van der Waals surface area contributed by atoms with Gasteiger partial charge in [0.1, 0.15) is 5.75 Å². The molecule has 1 aromatic carbocycles. The number of hydrogen-bond acceptors (Lipinski definition) is 2. The molecule has 0 fully saturated rings. The highest BCUT2D eigenvalue weighted by Crippen LogP contribution is 2.18. The largest absolute Gasteiger partial charge is 0.467 e. The molecule has 0 heterocycles. The van der Waals surface area contributed by atoms with E-state index in [-0.39, 0.29) is 6.79 Å². The van der Waals surface area contributed by atoms with Crippen LogP contribution in [-0.4, -0.2) is 11.9 Å². The average molecular weight is 164 g/mol. The zero-order valence-electron chi connectivity index (χ0n) is 6.86. The Morgan fingerprint density at radius 1 is 1.42 bits per heavy atom. The summed E-state index contributed by atoms with van der Waals surface area (Å²) < 4.78 is 5.00. The first kappa shape index (κ1) is 8.81. The van der Waals surface area contributed by atoms with E-state index in [2.05, 4.69) is 6.58 Å². The van der Waals surface area contributed by atoms with Crippen molar-refractivity contribution < 1.29 is 9.84 Å². The molecule has 0 saturated carbocycles. The third kappa shape index (κ3) is 2.10. The lowest BCUT2D eigenvalue weighted by Crippen LogP contribution is -1.97. The summed E-state index contributed by atoms with van der Waals surface area (Å²) in [7, 11) is 0. The smallest absolute Gasteiger partial charge is 0.186 e. The fourth-order valence-electron chi connectivity index (χ4n) is 1.04. The summed E-state index contributed by atoms with van der Waals surface area (Å²) >= 11 is 0. The van der Waals surface area contributed by atoms with Gasteiger partial charge in [0, 0.05) is 0 Å². The summed E-state index contributed by atoms with van der Waals surface area (Å²) in [6, 6.07) is 7.59. The highest BCUT2D eigenvalue weighted by atomic mass is 16.6. The first-order valence-corrected chi connectivity index (χ1v) is 3.81. The van der Waals surface area contributed by atoms with Gasteiger partial charge in [-0.1, -0.05) is 24.3 Å². The number of benzene rings is 1. The van der Waals surface area contributed by atoms with Crippen LogP contribution >= 0.6 is 0 Å². The SMILES string of the molecule is C=CCc1ccccc1OCO. The second kappa shape index (κ2) is 4.57. The van der Waals surface area contributed by atoms with Crippen molar-refractivity contribution in [3.8, 4) is 5.75 Å². The van der Waals surface area contributed by atoms with E-state index in [0.717, 1.165) is 17.7 Å². The predicted molar refractivity (Wildman–Crippen MR) is 48.1 cm³/mol. The van der Waals surface area contributed by atoms with Gasteiger partial charge in [0.05, 0.1) is 0 Å². The monoisotopic (exact) mass is 164 g/mol. The van der Waals surface area contributed by atoms with E-state index >= 15 is 0 Å². The van der Waals surface area contributed by atoms with Gasteiger partial charge in [0.2, 0.25) is 0 Å². The number of rotatable bonds is 4. The number of aliphatic hydroxyl groups excluding tert-OH is 1. The third-order valence-corrected chi connectivity index (χ3v) is 1.56. The van der Waals surface area contributed by atoms with Gasteiger partial charge in [-0.3, -0.25) is 0 Å². The lowest BCUT2D eigenvalue weighted by Gasteiger charge is -2.06. The van der Waals surface area contributed by atoms with Crippen LogP contribution < -0.4 is 4.74 Å². The van der Waals surface area contributed by atoms with Gasteiger partial charge in [-0.25, -0.2) is 0 Å². The molecular formula is C10H12O2. The number of aliphatic hydroxyl groups is 1. The van der Waals surface area contributed by atoms with Crippen molar-refractivity contribution in [1.82, 2.24) is 0 Å². The van der Waals surface area contributed by atoms with Crippen LogP contribution in [0.4, 0.5) is 0 Å². The maximum Gasteiger partial charge on any atom is 0.186 e. The van der Waals surface area contributed by atoms with Crippen LogP contribution in [0.1, 0.15) is 5.56 Å². The van der Waals surface area contributed by atoms with Crippen molar-refractivity contribution in [3.05, 3.63) is 42.5 Å². The molecule has 0 spiro atoms. The van der Waals surface area contributed by atoms with E-state index < -0.39 is 0 Å². The minimum atomic E-state index is -0.284. The van der Waals surface area contributed by atoms with E-state index in [0.29, 0.717) is 0 Å². The molecule has 1 N–H and O–H groups in total.